The first-order chi connectivity index (χ1) is 15.1. The molecule has 0 aromatic heterocycles. The molecule has 0 aliphatic heterocycles. The summed E-state index contributed by atoms with van der Waals surface area (Å²) in [7, 11) is 0. The monoisotopic (exact) mass is 460 g/mol. The minimum Gasteiger partial charge on any atom is -0.393 e. The Morgan fingerprint density at radius 1 is 0.909 bits per heavy atom. The van der Waals surface area contributed by atoms with E-state index < -0.39 is 5.60 Å². The van der Waals surface area contributed by atoms with Crippen LogP contribution < -0.4 is 0 Å². The highest BCUT2D eigenvalue weighted by atomic mass is 16.3. The summed E-state index contributed by atoms with van der Waals surface area (Å²) in [6, 6.07) is 0. The van der Waals surface area contributed by atoms with Gasteiger partial charge < -0.3 is 15.3 Å². The van der Waals surface area contributed by atoms with E-state index in [0.29, 0.717) is 11.8 Å². The van der Waals surface area contributed by atoms with Crippen molar-refractivity contribution in [3.8, 4) is 0 Å². The highest BCUT2D eigenvalue weighted by molar-refractivity contribution is 5.20. The second kappa shape index (κ2) is 8.07. The Morgan fingerprint density at radius 2 is 1.55 bits per heavy atom. The first kappa shape index (κ1) is 25.7. The molecule has 0 heterocycles. The summed E-state index contributed by atoms with van der Waals surface area (Å²) < 4.78 is 0. The molecule has 2 unspecified atom stereocenters. The maximum atomic E-state index is 11.8. The maximum absolute atomic E-state index is 11.8. The van der Waals surface area contributed by atoms with Gasteiger partial charge >= 0.3 is 0 Å². The summed E-state index contributed by atoms with van der Waals surface area (Å²) in [5, 5.41) is 34.3. The zero-order valence-electron chi connectivity index (χ0n) is 22.7. The van der Waals surface area contributed by atoms with E-state index in [2.05, 4.69) is 54.5 Å². The molecule has 4 rings (SSSR count). The predicted molar refractivity (Wildman–Crippen MR) is 136 cm³/mol. The van der Waals surface area contributed by atoms with Gasteiger partial charge in [-0.1, -0.05) is 46.3 Å². The second-order valence-corrected chi connectivity index (χ2v) is 14.5. The minimum atomic E-state index is -0.739. The lowest BCUT2D eigenvalue weighted by atomic mass is 9.35. The lowest BCUT2D eigenvalue weighted by Gasteiger charge is -2.70. The van der Waals surface area contributed by atoms with E-state index in [4.69, 9.17) is 0 Å². The van der Waals surface area contributed by atoms with Gasteiger partial charge in [0.15, 0.2) is 0 Å². The maximum Gasteiger partial charge on any atom is 0.0654 e. The van der Waals surface area contributed by atoms with E-state index in [0.717, 1.165) is 44.9 Å². The molecule has 0 amide bonds. The summed E-state index contributed by atoms with van der Waals surface area (Å²) in [6.07, 6.45) is 10.6. The highest BCUT2D eigenvalue weighted by Crippen LogP contribution is 2.75. The fourth-order valence-corrected chi connectivity index (χ4v) is 10.3. The van der Waals surface area contributed by atoms with Crippen LogP contribution in [0, 0.1) is 45.3 Å². The fourth-order valence-electron chi connectivity index (χ4n) is 10.3. The average Bonchev–Trinajstić information content (AvgIpc) is 3.08. The van der Waals surface area contributed by atoms with Crippen LogP contribution in [0.5, 0.6) is 0 Å². The van der Waals surface area contributed by atoms with E-state index in [9.17, 15) is 15.3 Å². The summed E-state index contributed by atoms with van der Waals surface area (Å²) in [4.78, 5) is 0. The van der Waals surface area contributed by atoms with Crippen molar-refractivity contribution in [1.29, 1.82) is 0 Å². The molecule has 0 spiro atoms. The van der Waals surface area contributed by atoms with Gasteiger partial charge in [0.1, 0.15) is 0 Å². The number of allylic oxidation sites excluding steroid dienone is 2. The van der Waals surface area contributed by atoms with Crippen molar-refractivity contribution in [2.45, 2.75) is 131 Å². The van der Waals surface area contributed by atoms with Crippen LogP contribution >= 0.6 is 0 Å². The molecule has 3 nitrogen and oxygen atoms in total. The molecule has 190 valence electrons. The third-order valence-electron chi connectivity index (χ3n) is 12.4. The van der Waals surface area contributed by atoms with E-state index in [1.54, 1.807) is 0 Å². The van der Waals surface area contributed by atoms with E-state index in [1.165, 1.54) is 18.4 Å². The number of aliphatic hydroxyl groups excluding tert-OH is 2. The van der Waals surface area contributed by atoms with Crippen LogP contribution in [-0.4, -0.2) is 33.1 Å². The molecule has 33 heavy (non-hydrogen) atoms. The Hall–Kier alpha value is -0.380. The number of hydrogen-bond donors (Lipinski definition) is 3. The Kier molecular flexibility index (Phi) is 6.28. The third kappa shape index (κ3) is 3.61. The van der Waals surface area contributed by atoms with E-state index in [-0.39, 0.29) is 45.7 Å². The second-order valence-electron chi connectivity index (χ2n) is 14.5. The van der Waals surface area contributed by atoms with E-state index in [1.807, 2.05) is 6.92 Å². The van der Waals surface area contributed by atoms with Crippen LogP contribution in [0.2, 0.25) is 0 Å². The summed E-state index contributed by atoms with van der Waals surface area (Å²) >= 11 is 0. The van der Waals surface area contributed by atoms with Gasteiger partial charge in [-0.05, 0) is 124 Å². The topological polar surface area (TPSA) is 60.7 Å². The fraction of sp³-hybridized carbons (Fsp3) is 0.933. The average molecular weight is 461 g/mol. The first-order valence-electron chi connectivity index (χ1n) is 13.8. The lowest BCUT2D eigenvalue weighted by Crippen LogP contribution is -2.66. The van der Waals surface area contributed by atoms with Gasteiger partial charge in [0, 0.05) is 0 Å². The predicted octanol–water partition coefficient (Wildman–Crippen LogP) is 6.50. The van der Waals surface area contributed by atoms with Gasteiger partial charge in [-0.15, -0.1) is 0 Å². The van der Waals surface area contributed by atoms with Crippen LogP contribution in [0.25, 0.3) is 0 Å². The number of rotatable bonds is 4. The molecule has 4 fully saturated rings. The molecule has 0 bridgehead atoms. The standard InChI is InChI=1S/C30H52O3/c1-19(2)10-9-14-30(8,33)20-11-16-29(7)25(20)21(31)18-23-27(5)15-13-24(32)26(3,4)22(27)12-17-28(23,29)6/h10,20-25,31-33H,9,11-18H2,1-8H3/t20-,21+,22?,23?,24+,25-,27-,28+,29+,30-/m0/s1. The van der Waals surface area contributed by atoms with Gasteiger partial charge in [-0.3, -0.25) is 0 Å². The molecule has 10 atom stereocenters. The van der Waals surface area contributed by atoms with Crippen LogP contribution in [0.15, 0.2) is 11.6 Å². The Labute approximate surface area is 203 Å². The SMILES string of the molecule is CC(C)=CCC[C@](C)(O)[C@H]1CC[C@]2(C)[C@@H]1[C@H](O)CC1[C@@]3(C)CC[C@@H](O)C(C)(C)C3CC[C@]12C. The molecular weight excluding hydrogens is 408 g/mol. The lowest BCUT2D eigenvalue weighted by molar-refractivity contribution is -0.246. The molecule has 3 N–H and O–H groups in total. The van der Waals surface area contributed by atoms with Crippen molar-refractivity contribution in [2.24, 2.45) is 45.3 Å². The number of aliphatic hydroxyl groups is 3. The molecule has 0 aromatic carbocycles. The first-order valence-corrected chi connectivity index (χ1v) is 13.8. The highest BCUT2D eigenvalue weighted by Gasteiger charge is 2.71. The van der Waals surface area contributed by atoms with Crippen molar-refractivity contribution < 1.29 is 15.3 Å². The molecular formula is C30H52O3. The normalized spacial score (nSPS) is 50.5. The van der Waals surface area contributed by atoms with E-state index >= 15 is 0 Å². The van der Waals surface area contributed by atoms with Gasteiger partial charge in [0.05, 0.1) is 17.8 Å². The molecule has 3 heteroatoms. The van der Waals surface area contributed by atoms with Gasteiger partial charge in [0.25, 0.3) is 0 Å². The molecule has 4 aliphatic carbocycles. The molecule has 0 radical (unpaired) electrons. The quantitative estimate of drug-likeness (QED) is 0.420. The Bertz CT molecular complexity index is 779. The third-order valence-corrected chi connectivity index (χ3v) is 12.4. The minimum absolute atomic E-state index is 0.0503. The zero-order valence-corrected chi connectivity index (χ0v) is 22.7. The Balaban J connectivity index is 1.66. The van der Waals surface area contributed by atoms with Crippen LogP contribution in [0.3, 0.4) is 0 Å². The Morgan fingerprint density at radius 3 is 2.18 bits per heavy atom. The summed E-state index contributed by atoms with van der Waals surface area (Å²) in [5.41, 5.74) is 0.885. The molecule has 0 aromatic rings. The van der Waals surface area contributed by atoms with Crippen LogP contribution in [0.4, 0.5) is 0 Å². The molecule has 4 saturated carbocycles. The van der Waals surface area contributed by atoms with Crippen LogP contribution in [-0.2, 0) is 0 Å². The van der Waals surface area contributed by atoms with Crippen molar-refractivity contribution in [3.05, 3.63) is 11.6 Å². The largest absolute Gasteiger partial charge is 0.393 e. The number of hydrogen-bond acceptors (Lipinski definition) is 3. The van der Waals surface area contributed by atoms with Crippen molar-refractivity contribution in [2.75, 3.05) is 0 Å². The number of fused-ring (bicyclic) bond motifs is 5. The van der Waals surface area contributed by atoms with Gasteiger partial charge in [-0.2, -0.15) is 0 Å². The zero-order chi connectivity index (χ0) is 24.6. The van der Waals surface area contributed by atoms with Crippen molar-refractivity contribution >= 4 is 0 Å². The van der Waals surface area contributed by atoms with Crippen molar-refractivity contribution in [1.82, 2.24) is 0 Å². The smallest absolute Gasteiger partial charge is 0.0654 e. The molecule has 4 aliphatic rings. The summed E-state index contributed by atoms with van der Waals surface area (Å²) in [6.45, 7) is 18.3. The van der Waals surface area contributed by atoms with Crippen LogP contribution in [0.1, 0.15) is 113 Å². The van der Waals surface area contributed by atoms with Crippen molar-refractivity contribution in [3.63, 3.8) is 0 Å². The summed E-state index contributed by atoms with van der Waals surface area (Å²) in [5.74, 6) is 1.31. The molecule has 0 saturated heterocycles. The van der Waals surface area contributed by atoms with Gasteiger partial charge in [-0.25, -0.2) is 0 Å². The van der Waals surface area contributed by atoms with Gasteiger partial charge in [0.2, 0.25) is 0 Å².